The third-order valence-electron chi connectivity index (χ3n) is 6.88. The van der Waals surface area contributed by atoms with Crippen LogP contribution in [0.1, 0.15) is 56.2 Å². The average Bonchev–Trinajstić information content (AvgIpc) is 3.58. The van der Waals surface area contributed by atoms with E-state index in [1.807, 2.05) is 37.4 Å². The van der Waals surface area contributed by atoms with Gasteiger partial charge in [0.2, 0.25) is 11.9 Å². The molecule has 14 nitrogen and oxygen atoms in total. The van der Waals surface area contributed by atoms with Crippen LogP contribution in [0.25, 0.3) is 10.6 Å². The number of anilines is 4. The number of nitrogen functional groups attached to an aromatic ring is 4. The number of thiazole rings is 1. The fourth-order valence-electron chi connectivity index (χ4n) is 4.48. The Morgan fingerprint density at radius 1 is 0.688 bits per heavy atom. The lowest BCUT2D eigenvalue weighted by Gasteiger charge is -2.18. The molecule has 0 fully saturated rings. The van der Waals surface area contributed by atoms with Crippen LogP contribution >= 0.6 is 23.6 Å². The third kappa shape index (κ3) is 8.26. The summed E-state index contributed by atoms with van der Waals surface area (Å²) in [6.07, 6.45) is 4.64. The number of nitrogens with two attached hydrogens (primary N) is 5. The van der Waals surface area contributed by atoms with Gasteiger partial charge in [0.25, 0.3) is 0 Å². The van der Waals surface area contributed by atoms with Gasteiger partial charge in [-0.05, 0) is 36.1 Å². The number of benzene rings is 2. The van der Waals surface area contributed by atoms with Crippen LogP contribution in [-0.4, -0.2) is 44.1 Å². The zero-order chi connectivity index (χ0) is 35.1. The van der Waals surface area contributed by atoms with Crippen molar-refractivity contribution in [2.24, 2.45) is 5.73 Å². The molecule has 0 saturated carbocycles. The minimum absolute atomic E-state index is 0.0810. The molecular weight excluding hydrogens is 653 g/mol. The molecule has 5 aromatic rings. The first-order valence-corrected chi connectivity index (χ1v) is 15.9. The van der Waals surface area contributed by atoms with E-state index in [0.29, 0.717) is 34.3 Å². The maximum absolute atomic E-state index is 6.01. The summed E-state index contributed by atoms with van der Waals surface area (Å²) in [5.41, 5.74) is 31.8. The Hall–Kier alpha value is -5.48. The summed E-state index contributed by atoms with van der Waals surface area (Å²) in [4.78, 5) is 20.2. The number of nitrogens with zero attached hydrogens (tertiary/aromatic N) is 5. The molecule has 48 heavy (non-hydrogen) atoms. The SMILES string of the molecule is COc1cc(C(C)C)c(Oc2cnc(N)nc2N)cc1-c1nccs1.COc1cc(C(C)C)c(Oc2cnc(N)nc2N)cc1C(N)=S. The Morgan fingerprint density at radius 2 is 1.19 bits per heavy atom. The van der Waals surface area contributed by atoms with Crippen LogP contribution in [0.15, 0.2) is 48.2 Å². The van der Waals surface area contributed by atoms with Crippen LogP contribution in [0.3, 0.4) is 0 Å². The molecule has 0 unspecified atom stereocenters. The summed E-state index contributed by atoms with van der Waals surface area (Å²) in [7, 11) is 3.20. The first kappa shape index (κ1) is 35.4. The number of thiocarbonyl (C=S) groups is 1. The van der Waals surface area contributed by atoms with Gasteiger partial charge in [-0.1, -0.05) is 39.9 Å². The highest BCUT2D eigenvalue weighted by molar-refractivity contribution is 7.80. The molecule has 0 aliphatic heterocycles. The van der Waals surface area contributed by atoms with Crippen molar-refractivity contribution in [3.05, 3.63) is 64.9 Å². The second-order valence-corrected chi connectivity index (χ2v) is 12.2. The van der Waals surface area contributed by atoms with Crippen molar-refractivity contribution < 1.29 is 18.9 Å². The summed E-state index contributed by atoms with van der Waals surface area (Å²) < 4.78 is 22.8. The van der Waals surface area contributed by atoms with Crippen molar-refractivity contribution in [1.82, 2.24) is 24.9 Å². The average molecular weight is 691 g/mol. The van der Waals surface area contributed by atoms with Crippen LogP contribution in [0.5, 0.6) is 34.5 Å². The summed E-state index contributed by atoms with van der Waals surface area (Å²) in [6.45, 7) is 8.22. The molecule has 3 heterocycles. The Morgan fingerprint density at radius 3 is 1.60 bits per heavy atom. The molecule has 2 aromatic carbocycles. The van der Waals surface area contributed by atoms with Crippen molar-refractivity contribution in [2.45, 2.75) is 39.5 Å². The van der Waals surface area contributed by atoms with Crippen LogP contribution in [0, 0.1) is 0 Å². The molecular formula is C32H38N10O4S2. The number of aromatic nitrogens is 5. The highest BCUT2D eigenvalue weighted by Gasteiger charge is 2.20. The molecule has 5 rings (SSSR count). The van der Waals surface area contributed by atoms with Crippen LogP contribution in [0.4, 0.5) is 23.5 Å². The van der Waals surface area contributed by atoms with Crippen LogP contribution in [0.2, 0.25) is 0 Å². The van der Waals surface area contributed by atoms with Crippen LogP contribution in [-0.2, 0) is 0 Å². The molecule has 252 valence electrons. The lowest BCUT2D eigenvalue weighted by atomic mass is 9.99. The number of hydrogen-bond donors (Lipinski definition) is 5. The van der Waals surface area contributed by atoms with Crippen molar-refractivity contribution in [3.8, 4) is 45.1 Å². The monoisotopic (exact) mass is 690 g/mol. The summed E-state index contributed by atoms with van der Waals surface area (Å²) in [5.74, 6) is 4.12. The van der Waals surface area contributed by atoms with Gasteiger partial charge in [-0.3, -0.25) is 0 Å². The fraction of sp³-hybridized carbons (Fsp3) is 0.250. The standard InChI is InChI=1S/C17H19N5O2S.C15H19N5O2S/c1-9(2)10-6-12(23-3)11(16-20-4-5-25-16)7-13(10)24-14-8-21-17(19)22-15(14)18;1-7(2)8-4-10(21-3)9(14(17)23)5-11(8)22-12-6-19-15(18)20-13(12)16/h4-9H,1-3H3,(H4,18,19,21,22);4-7H,1-3H3,(H2,17,23)(H4,16,18,19,20). The molecule has 0 bridgehead atoms. The Kier molecular flexibility index (Phi) is 11.4. The number of methoxy groups -OCH3 is 2. The van der Waals surface area contributed by atoms with E-state index >= 15 is 0 Å². The lowest BCUT2D eigenvalue weighted by molar-refractivity contribution is 0.410. The minimum atomic E-state index is 0.0810. The van der Waals surface area contributed by atoms with Gasteiger partial charge >= 0.3 is 0 Å². The van der Waals surface area contributed by atoms with E-state index in [2.05, 4.69) is 38.8 Å². The van der Waals surface area contributed by atoms with Gasteiger partial charge in [-0.15, -0.1) is 11.3 Å². The van der Waals surface area contributed by atoms with Gasteiger partial charge in [0.15, 0.2) is 23.1 Å². The molecule has 0 aliphatic carbocycles. The molecule has 0 aliphatic rings. The van der Waals surface area contributed by atoms with E-state index < -0.39 is 0 Å². The zero-order valence-electron chi connectivity index (χ0n) is 27.3. The summed E-state index contributed by atoms with van der Waals surface area (Å²) in [6, 6.07) is 7.45. The predicted octanol–water partition coefficient (Wildman–Crippen LogP) is 5.89. The van der Waals surface area contributed by atoms with E-state index in [1.165, 1.54) is 23.7 Å². The first-order valence-electron chi connectivity index (χ1n) is 14.6. The van der Waals surface area contributed by atoms with Crippen LogP contribution < -0.4 is 47.6 Å². The van der Waals surface area contributed by atoms with E-state index in [4.69, 9.17) is 59.8 Å². The second kappa shape index (κ2) is 15.4. The molecule has 0 amide bonds. The fourth-order valence-corrected chi connectivity index (χ4v) is 5.29. The lowest BCUT2D eigenvalue weighted by Crippen LogP contribution is -2.12. The Balaban J connectivity index is 0.000000218. The highest BCUT2D eigenvalue weighted by atomic mass is 32.1. The smallest absolute Gasteiger partial charge is 0.222 e. The quantitative estimate of drug-likeness (QED) is 0.108. The molecule has 0 spiro atoms. The van der Waals surface area contributed by atoms with E-state index in [9.17, 15) is 0 Å². The van der Waals surface area contributed by atoms with Crippen molar-refractivity contribution in [1.29, 1.82) is 0 Å². The van der Waals surface area contributed by atoms with Gasteiger partial charge in [0, 0.05) is 22.7 Å². The Bertz CT molecular complexity index is 1900. The van der Waals surface area contributed by atoms with Gasteiger partial charge < -0.3 is 47.6 Å². The minimum Gasteiger partial charge on any atom is -0.496 e. The Labute approximate surface area is 287 Å². The van der Waals surface area contributed by atoms with Gasteiger partial charge in [-0.25, -0.2) is 15.0 Å². The van der Waals surface area contributed by atoms with Crippen molar-refractivity contribution in [2.75, 3.05) is 37.2 Å². The highest BCUT2D eigenvalue weighted by Crippen LogP contribution is 2.42. The maximum Gasteiger partial charge on any atom is 0.222 e. The first-order chi connectivity index (χ1) is 22.8. The second-order valence-electron chi connectivity index (χ2n) is 10.9. The van der Waals surface area contributed by atoms with E-state index in [0.717, 1.165) is 27.4 Å². The normalized spacial score (nSPS) is 10.8. The molecule has 16 heteroatoms. The number of hydrogen-bond acceptors (Lipinski definition) is 15. The molecule has 0 radical (unpaired) electrons. The third-order valence-corrected chi connectivity index (χ3v) is 7.91. The zero-order valence-corrected chi connectivity index (χ0v) is 29.0. The maximum atomic E-state index is 6.01. The molecule has 3 aromatic heterocycles. The van der Waals surface area contributed by atoms with E-state index in [1.54, 1.807) is 26.5 Å². The molecule has 10 N–H and O–H groups in total. The van der Waals surface area contributed by atoms with Gasteiger partial charge in [0.05, 0.1) is 37.7 Å². The number of ether oxygens (including phenoxy) is 4. The van der Waals surface area contributed by atoms with Gasteiger partial charge in [-0.2, -0.15) is 9.97 Å². The van der Waals surface area contributed by atoms with Gasteiger partial charge in [0.1, 0.15) is 33.0 Å². The largest absolute Gasteiger partial charge is 0.496 e. The number of rotatable bonds is 10. The molecule has 0 atom stereocenters. The van der Waals surface area contributed by atoms with Crippen molar-refractivity contribution >= 4 is 52.1 Å². The summed E-state index contributed by atoms with van der Waals surface area (Å²) >= 11 is 6.60. The topological polar surface area (TPSA) is 231 Å². The molecule has 0 saturated heterocycles. The summed E-state index contributed by atoms with van der Waals surface area (Å²) in [5, 5.41) is 2.76. The van der Waals surface area contributed by atoms with E-state index in [-0.39, 0.29) is 40.4 Å². The predicted molar refractivity (Wildman–Crippen MR) is 193 cm³/mol. The van der Waals surface area contributed by atoms with Crippen molar-refractivity contribution in [3.63, 3.8) is 0 Å².